The molecule has 0 spiro atoms. The summed E-state index contributed by atoms with van der Waals surface area (Å²) >= 11 is 0. The SMILES string of the molecule is Cc1ccc(S(=O)(=O)N(CC(C)(C)O)c2cc3c(cc2OCc2ccc(C(=O)O)cc2C)CCC3)o1. The lowest BCUT2D eigenvalue weighted by Gasteiger charge is -2.31. The van der Waals surface area contributed by atoms with Crippen LogP contribution in [-0.4, -0.2) is 36.7 Å². The summed E-state index contributed by atoms with van der Waals surface area (Å²) < 4.78 is 40.3. The molecule has 0 atom stereocenters. The molecule has 9 heteroatoms. The Morgan fingerprint density at radius 3 is 2.36 bits per heavy atom. The molecule has 0 saturated heterocycles. The number of aromatic carboxylic acids is 1. The maximum atomic E-state index is 13.7. The summed E-state index contributed by atoms with van der Waals surface area (Å²) in [6.45, 7) is 6.47. The number of ether oxygens (including phenoxy) is 1. The van der Waals surface area contributed by atoms with Crippen LogP contribution in [0.1, 0.15) is 58.6 Å². The number of benzene rings is 2. The van der Waals surface area contributed by atoms with E-state index in [9.17, 15) is 23.4 Å². The van der Waals surface area contributed by atoms with Crippen LogP contribution in [0.3, 0.4) is 0 Å². The number of sulfonamides is 1. The van der Waals surface area contributed by atoms with Crippen LogP contribution in [0.15, 0.2) is 52.0 Å². The molecule has 0 amide bonds. The number of hydrogen-bond acceptors (Lipinski definition) is 6. The number of nitrogens with zero attached hydrogens (tertiary/aromatic N) is 1. The Kier molecular flexibility index (Phi) is 6.90. The van der Waals surface area contributed by atoms with Gasteiger partial charge in [0, 0.05) is 0 Å². The van der Waals surface area contributed by atoms with Gasteiger partial charge in [-0.1, -0.05) is 6.07 Å². The number of fused-ring (bicyclic) bond motifs is 1. The van der Waals surface area contributed by atoms with Gasteiger partial charge < -0.3 is 19.4 Å². The van der Waals surface area contributed by atoms with Crippen LogP contribution in [0.2, 0.25) is 0 Å². The van der Waals surface area contributed by atoms with E-state index < -0.39 is 21.6 Å². The second kappa shape index (κ2) is 9.63. The van der Waals surface area contributed by atoms with Gasteiger partial charge in [-0.2, -0.15) is 8.42 Å². The van der Waals surface area contributed by atoms with Crippen molar-refractivity contribution in [3.05, 3.63) is 76.0 Å². The number of carboxylic acid groups (broad SMARTS) is 1. The van der Waals surface area contributed by atoms with Crippen molar-refractivity contribution in [2.75, 3.05) is 10.8 Å². The number of aryl methyl sites for hydroxylation is 4. The number of rotatable bonds is 9. The van der Waals surface area contributed by atoms with Gasteiger partial charge in [0.1, 0.15) is 18.1 Å². The molecule has 0 unspecified atom stereocenters. The Bertz CT molecular complexity index is 1400. The summed E-state index contributed by atoms with van der Waals surface area (Å²) in [6, 6.07) is 11.5. The van der Waals surface area contributed by atoms with Crippen molar-refractivity contribution in [1.82, 2.24) is 0 Å². The topological polar surface area (TPSA) is 117 Å². The van der Waals surface area contributed by atoms with Crippen LogP contribution < -0.4 is 9.04 Å². The Hall–Kier alpha value is -3.30. The Labute approximate surface area is 211 Å². The van der Waals surface area contributed by atoms with E-state index in [2.05, 4.69) is 0 Å². The standard InChI is InChI=1S/C27H31NO7S/c1-17-12-21(26(29)30)9-10-22(17)15-34-24-14-20-7-5-6-19(20)13-23(24)28(16-27(3,4)31)36(32,33)25-11-8-18(2)35-25/h8-14,31H,5-7,15-16H2,1-4H3,(H,29,30). The van der Waals surface area contributed by atoms with E-state index in [4.69, 9.17) is 9.15 Å². The van der Waals surface area contributed by atoms with Crippen molar-refractivity contribution < 1.29 is 32.6 Å². The lowest BCUT2D eigenvalue weighted by molar-refractivity contribution is 0.0696. The van der Waals surface area contributed by atoms with E-state index in [-0.39, 0.29) is 23.8 Å². The Balaban J connectivity index is 1.77. The third-order valence-corrected chi connectivity index (χ3v) is 7.84. The minimum Gasteiger partial charge on any atom is -0.487 e. The second-order valence-electron chi connectivity index (χ2n) is 9.87. The highest BCUT2D eigenvalue weighted by molar-refractivity contribution is 7.92. The van der Waals surface area contributed by atoms with Gasteiger partial charge in [0.2, 0.25) is 5.09 Å². The number of hydrogen-bond donors (Lipinski definition) is 2. The summed E-state index contributed by atoms with van der Waals surface area (Å²) in [4.78, 5) is 11.3. The number of carboxylic acids is 1. The fourth-order valence-electron chi connectivity index (χ4n) is 4.36. The van der Waals surface area contributed by atoms with Crippen molar-refractivity contribution >= 4 is 21.7 Å². The average Bonchev–Trinajstić information content (AvgIpc) is 3.44. The van der Waals surface area contributed by atoms with E-state index >= 15 is 0 Å². The summed E-state index contributed by atoms with van der Waals surface area (Å²) in [5.41, 5.74) is 2.85. The van der Waals surface area contributed by atoms with Gasteiger partial charge in [-0.15, -0.1) is 0 Å². The number of anilines is 1. The van der Waals surface area contributed by atoms with Crippen LogP contribution in [0.4, 0.5) is 5.69 Å². The summed E-state index contributed by atoms with van der Waals surface area (Å²) in [5.74, 6) is -0.178. The molecular formula is C27H31NO7S. The minimum absolute atomic E-state index is 0.119. The lowest BCUT2D eigenvalue weighted by atomic mass is 10.1. The third-order valence-electron chi connectivity index (χ3n) is 6.21. The zero-order valence-electron chi connectivity index (χ0n) is 20.9. The van der Waals surface area contributed by atoms with Crippen molar-refractivity contribution in [3.8, 4) is 5.75 Å². The van der Waals surface area contributed by atoms with E-state index in [1.54, 1.807) is 45.9 Å². The predicted molar refractivity (Wildman–Crippen MR) is 135 cm³/mol. The Morgan fingerprint density at radius 2 is 1.78 bits per heavy atom. The molecule has 3 aromatic rings. The quantitative estimate of drug-likeness (QED) is 0.428. The van der Waals surface area contributed by atoms with E-state index in [0.717, 1.165) is 45.8 Å². The molecule has 2 N–H and O–H groups in total. The molecule has 1 aromatic heterocycles. The maximum absolute atomic E-state index is 13.7. The molecule has 36 heavy (non-hydrogen) atoms. The van der Waals surface area contributed by atoms with Crippen molar-refractivity contribution in [2.45, 2.75) is 64.3 Å². The molecule has 0 aliphatic heterocycles. The minimum atomic E-state index is -4.15. The van der Waals surface area contributed by atoms with Crippen LogP contribution >= 0.6 is 0 Å². The summed E-state index contributed by atoms with van der Waals surface area (Å²) in [7, 11) is -4.15. The van der Waals surface area contributed by atoms with Crippen molar-refractivity contribution in [1.29, 1.82) is 0 Å². The molecule has 0 fully saturated rings. The van der Waals surface area contributed by atoms with E-state index in [0.29, 0.717) is 17.2 Å². The lowest BCUT2D eigenvalue weighted by Crippen LogP contribution is -2.42. The van der Waals surface area contributed by atoms with Gasteiger partial charge >= 0.3 is 5.97 Å². The van der Waals surface area contributed by atoms with Gasteiger partial charge in [-0.25, -0.2) is 4.79 Å². The smallest absolute Gasteiger partial charge is 0.335 e. The molecule has 2 aromatic carbocycles. The van der Waals surface area contributed by atoms with Gasteiger partial charge in [0.25, 0.3) is 10.0 Å². The first-order valence-electron chi connectivity index (χ1n) is 11.8. The largest absolute Gasteiger partial charge is 0.487 e. The van der Waals surface area contributed by atoms with Crippen LogP contribution in [0, 0.1) is 13.8 Å². The highest BCUT2D eigenvalue weighted by atomic mass is 32.2. The van der Waals surface area contributed by atoms with Gasteiger partial charge in [-0.3, -0.25) is 4.31 Å². The summed E-state index contributed by atoms with van der Waals surface area (Å²) in [5, 5.41) is 19.7. The van der Waals surface area contributed by atoms with Crippen LogP contribution in [0.25, 0.3) is 0 Å². The summed E-state index contributed by atoms with van der Waals surface area (Å²) in [6.07, 6.45) is 2.66. The fraction of sp³-hybridized carbons (Fsp3) is 0.370. The fourth-order valence-corrected chi connectivity index (χ4v) is 5.94. The normalized spacial score (nSPS) is 13.5. The predicted octanol–water partition coefficient (Wildman–Crippen LogP) is 4.63. The van der Waals surface area contributed by atoms with E-state index in [1.807, 2.05) is 12.1 Å². The first-order valence-corrected chi connectivity index (χ1v) is 13.2. The highest BCUT2D eigenvalue weighted by Crippen LogP contribution is 2.39. The monoisotopic (exact) mass is 513 g/mol. The van der Waals surface area contributed by atoms with Crippen LogP contribution in [-0.2, 0) is 29.5 Å². The van der Waals surface area contributed by atoms with Crippen molar-refractivity contribution in [2.24, 2.45) is 0 Å². The van der Waals surface area contributed by atoms with Gasteiger partial charge in [-0.05, 0) is 106 Å². The molecule has 0 saturated carbocycles. The molecular weight excluding hydrogens is 482 g/mol. The molecule has 1 aliphatic rings. The molecule has 1 aliphatic carbocycles. The molecule has 0 bridgehead atoms. The average molecular weight is 514 g/mol. The van der Waals surface area contributed by atoms with Crippen LogP contribution in [0.5, 0.6) is 5.75 Å². The third kappa shape index (κ3) is 5.42. The van der Waals surface area contributed by atoms with E-state index in [1.165, 1.54) is 12.1 Å². The van der Waals surface area contributed by atoms with Crippen molar-refractivity contribution in [3.63, 3.8) is 0 Å². The van der Waals surface area contributed by atoms with Gasteiger partial charge in [0.05, 0.1) is 23.4 Å². The van der Waals surface area contributed by atoms with Gasteiger partial charge in [0.15, 0.2) is 0 Å². The zero-order chi connectivity index (χ0) is 26.3. The highest BCUT2D eigenvalue weighted by Gasteiger charge is 2.35. The zero-order valence-corrected chi connectivity index (χ0v) is 21.7. The number of aliphatic hydroxyl groups is 1. The first-order chi connectivity index (χ1) is 16.8. The Morgan fingerprint density at radius 1 is 1.08 bits per heavy atom. The molecule has 192 valence electrons. The number of furan rings is 1. The first kappa shape index (κ1) is 25.8. The molecule has 8 nitrogen and oxygen atoms in total. The molecule has 0 radical (unpaired) electrons. The molecule has 4 rings (SSSR count). The maximum Gasteiger partial charge on any atom is 0.335 e. The second-order valence-corrected chi connectivity index (χ2v) is 11.7. The molecule has 1 heterocycles. The number of carbonyl (C=O) groups is 1.